The SMILES string of the molecule is CC(C)C[C@H](CO)Nc1cc(=S)nc(NS(C)(=O)=O)[nH]1. The van der Waals surface area contributed by atoms with Crippen LogP contribution in [-0.2, 0) is 10.0 Å². The lowest BCUT2D eigenvalue weighted by molar-refractivity contribution is 0.259. The van der Waals surface area contributed by atoms with Gasteiger partial charge in [0.15, 0.2) is 0 Å². The Morgan fingerprint density at radius 3 is 2.65 bits per heavy atom. The van der Waals surface area contributed by atoms with Crippen molar-refractivity contribution in [3.8, 4) is 0 Å². The molecule has 7 nitrogen and oxygen atoms in total. The number of aliphatic hydroxyl groups excluding tert-OH is 1. The van der Waals surface area contributed by atoms with Gasteiger partial charge in [0, 0.05) is 6.07 Å². The van der Waals surface area contributed by atoms with E-state index in [1.165, 1.54) is 0 Å². The van der Waals surface area contributed by atoms with Gasteiger partial charge in [0.25, 0.3) is 0 Å². The van der Waals surface area contributed by atoms with Crippen molar-refractivity contribution in [2.24, 2.45) is 5.92 Å². The number of nitrogens with zero attached hydrogens (tertiary/aromatic N) is 1. The average Bonchev–Trinajstić information content (AvgIpc) is 2.23. The Hall–Kier alpha value is -1.19. The molecule has 0 radical (unpaired) electrons. The summed E-state index contributed by atoms with van der Waals surface area (Å²) in [5, 5.41) is 12.4. The lowest BCUT2D eigenvalue weighted by Gasteiger charge is -2.19. The molecular formula is C11H20N4O3S2. The topological polar surface area (TPSA) is 107 Å². The normalized spacial score (nSPS) is 13.2. The first-order valence-electron chi connectivity index (χ1n) is 6.16. The molecule has 0 aromatic carbocycles. The predicted molar refractivity (Wildman–Crippen MR) is 81.8 cm³/mol. The third-order valence-electron chi connectivity index (χ3n) is 2.36. The molecule has 114 valence electrons. The fourth-order valence-electron chi connectivity index (χ4n) is 1.73. The van der Waals surface area contributed by atoms with E-state index in [0.29, 0.717) is 11.7 Å². The Labute approximate surface area is 123 Å². The van der Waals surface area contributed by atoms with Gasteiger partial charge < -0.3 is 15.4 Å². The number of H-pyrrole nitrogens is 1. The average molecular weight is 320 g/mol. The van der Waals surface area contributed by atoms with Crippen LogP contribution in [0.25, 0.3) is 0 Å². The fraction of sp³-hybridized carbons (Fsp3) is 0.636. The number of sulfonamides is 1. The van der Waals surface area contributed by atoms with Crippen molar-refractivity contribution in [2.75, 3.05) is 22.9 Å². The van der Waals surface area contributed by atoms with Gasteiger partial charge in [-0.1, -0.05) is 26.1 Å². The van der Waals surface area contributed by atoms with Crippen LogP contribution in [0.2, 0.25) is 0 Å². The summed E-state index contributed by atoms with van der Waals surface area (Å²) >= 11 is 4.98. The predicted octanol–water partition coefficient (Wildman–Crippen LogP) is 1.33. The summed E-state index contributed by atoms with van der Waals surface area (Å²) in [4.78, 5) is 6.67. The van der Waals surface area contributed by atoms with Crippen LogP contribution in [0, 0.1) is 10.6 Å². The Morgan fingerprint density at radius 2 is 2.15 bits per heavy atom. The number of aromatic nitrogens is 2. The zero-order valence-electron chi connectivity index (χ0n) is 11.7. The first-order valence-corrected chi connectivity index (χ1v) is 8.46. The molecule has 1 atom stereocenters. The molecule has 20 heavy (non-hydrogen) atoms. The van der Waals surface area contributed by atoms with Gasteiger partial charge in [0.2, 0.25) is 16.0 Å². The van der Waals surface area contributed by atoms with Crippen LogP contribution in [0.15, 0.2) is 6.07 Å². The lowest BCUT2D eigenvalue weighted by Crippen LogP contribution is -2.26. The van der Waals surface area contributed by atoms with Crippen LogP contribution in [0.1, 0.15) is 20.3 Å². The summed E-state index contributed by atoms with van der Waals surface area (Å²) in [6, 6.07) is 1.43. The first-order chi connectivity index (χ1) is 9.19. The van der Waals surface area contributed by atoms with Crippen molar-refractivity contribution >= 4 is 34.0 Å². The van der Waals surface area contributed by atoms with Crippen LogP contribution in [0.5, 0.6) is 0 Å². The summed E-state index contributed by atoms with van der Waals surface area (Å²) in [7, 11) is -3.43. The molecule has 0 saturated carbocycles. The minimum Gasteiger partial charge on any atom is -0.394 e. The summed E-state index contributed by atoms with van der Waals surface area (Å²) in [5.41, 5.74) is 0. The Kier molecular flexibility index (Phi) is 5.90. The van der Waals surface area contributed by atoms with Gasteiger partial charge in [0.1, 0.15) is 10.5 Å². The highest BCUT2D eigenvalue weighted by Gasteiger charge is 2.11. The van der Waals surface area contributed by atoms with Crippen molar-refractivity contribution in [2.45, 2.75) is 26.3 Å². The van der Waals surface area contributed by atoms with Crippen LogP contribution in [0.3, 0.4) is 0 Å². The summed E-state index contributed by atoms with van der Waals surface area (Å²) in [6.45, 7) is 4.07. The van der Waals surface area contributed by atoms with E-state index >= 15 is 0 Å². The van der Waals surface area contributed by atoms with Crippen molar-refractivity contribution in [3.63, 3.8) is 0 Å². The van der Waals surface area contributed by atoms with E-state index in [0.717, 1.165) is 12.7 Å². The molecule has 0 aliphatic carbocycles. The molecule has 0 aliphatic rings. The Balaban J connectivity index is 2.92. The molecule has 1 heterocycles. The van der Waals surface area contributed by atoms with E-state index < -0.39 is 10.0 Å². The van der Waals surface area contributed by atoms with Crippen LogP contribution >= 0.6 is 12.2 Å². The minimum atomic E-state index is -3.43. The summed E-state index contributed by atoms with van der Waals surface area (Å²) in [6.07, 6.45) is 1.80. The van der Waals surface area contributed by atoms with Crippen LogP contribution < -0.4 is 10.0 Å². The van der Waals surface area contributed by atoms with E-state index in [4.69, 9.17) is 12.2 Å². The maximum atomic E-state index is 11.2. The summed E-state index contributed by atoms with van der Waals surface area (Å²) < 4.78 is 24.8. The van der Waals surface area contributed by atoms with Gasteiger partial charge >= 0.3 is 0 Å². The van der Waals surface area contributed by atoms with Crippen molar-refractivity contribution in [1.29, 1.82) is 0 Å². The highest BCUT2D eigenvalue weighted by molar-refractivity contribution is 7.92. The van der Waals surface area contributed by atoms with Gasteiger partial charge in [-0.3, -0.25) is 4.72 Å². The molecule has 0 saturated heterocycles. The number of aliphatic hydroxyl groups is 1. The number of anilines is 2. The number of rotatable bonds is 7. The molecule has 1 rings (SSSR count). The monoisotopic (exact) mass is 320 g/mol. The number of nitrogens with one attached hydrogen (secondary N) is 3. The van der Waals surface area contributed by atoms with Gasteiger partial charge in [-0.15, -0.1) is 0 Å². The van der Waals surface area contributed by atoms with Crippen LogP contribution in [0.4, 0.5) is 11.8 Å². The summed E-state index contributed by atoms with van der Waals surface area (Å²) in [5.74, 6) is 0.970. The molecular weight excluding hydrogens is 300 g/mol. The molecule has 0 aliphatic heterocycles. The first kappa shape index (κ1) is 16.9. The lowest BCUT2D eigenvalue weighted by atomic mass is 10.0. The maximum Gasteiger partial charge on any atom is 0.232 e. The van der Waals surface area contributed by atoms with Gasteiger partial charge in [-0.2, -0.15) is 0 Å². The number of hydrogen-bond acceptors (Lipinski definition) is 6. The van der Waals surface area contributed by atoms with E-state index in [9.17, 15) is 13.5 Å². The third-order valence-corrected chi connectivity index (χ3v) is 3.13. The second kappa shape index (κ2) is 7.00. The van der Waals surface area contributed by atoms with Crippen LogP contribution in [-0.4, -0.2) is 42.4 Å². The Bertz CT molecular complexity index is 598. The quantitative estimate of drug-likeness (QED) is 0.565. The molecule has 0 bridgehead atoms. The maximum absolute atomic E-state index is 11.2. The fourth-order valence-corrected chi connectivity index (χ4v) is 2.38. The second-order valence-electron chi connectivity index (χ2n) is 5.01. The molecule has 4 N–H and O–H groups in total. The molecule has 0 unspecified atom stereocenters. The molecule has 0 amide bonds. The van der Waals surface area contributed by atoms with Crippen molar-refractivity contribution < 1.29 is 13.5 Å². The largest absolute Gasteiger partial charge is 0.394 e. The minimum absolute atomic E-state index is 0.0318. The Morgan fingerprint density at radius 1 is 1.50 bits per heavy atom. The standard InChI is InChI=1S/C11H20N4O3S2/c1-7(2)4-8(6-16)12-9-5-10(19)14-11(13-9)15-20(3,17)18/h5,7-8,16H,4,6H2,1-3H3,(H3,12,13,14,15,19)/t8-/m1/s1. The van der Waals surface area contributed by atoms with Gasteiger partial charge in [0.05, 0.1) is 18.9 Å². The smallest absolute Gasteiger partial charge is 0.232 e. The molecule has 0 fully saturated rings. The van der Waals surface area contributed by atoms with E-state index in [2.05, 4.69) is 33.9 Å². The van der Waals surface area contributed by atoms with Crippen molar-refractivity contribution in [3.05, 3.63) is 10.7 Å². The van der Waals surface area contributed by atoms with Crippen molar-refractivity contribution in [1.82, 2.24) is 9.97 Å². The highest BCUT2D eigenvalue weighted by atomic mass is 32.2. The molecule has 0 spiro atoms. The number of aromatic amines is 1. The van der Waals surface area contributed by atoms with E-state index in [-0.39, 0.29) is 23.2 Å². The third kappa shape index (κ3) is 6.31. The zero-order chi connectivity index (χ0) is 15.3. The van der Waals surface area contributed by atoms with Gasteiger partial charge in [-0.05, 0) is 12.3 Å². The molecule has 1 aromatic heterocycles. The molecule has 9 heteroatoms. The number of hydrogen-bond donors (Lipinski definition) is 4. The molecule has 1 aromatic rings. The van der Waals surface area contributed by atoms with E-state index in [1.54, 1.807) is 6.07 Å². The highest BCUT2D eigenvalue weighted by Crippen LogP contribution is 2.13. The zero-order valence-corrected chi connectivity index (χ0v) is 13.3. The second-order valence-corrected chi connectivity index (χ2v) is 7.18. The van der Waals surface area contributed by atoms with E-state index in [1.807, 2.05) is 0 Å². The van der Waals surface area contributed by atoms with Gasteiger partial charge in [-0.25, -0.2) is 13.4 Å².